The second-order valence-electron chi connectivity index (χ2n) is 4.72. The van der Waals surface area contributed by atoms with E-state index in [1.165, 1.54) is 11.5 Å². The standard InChI is InChI=1S/C11H18ClN3OS/c1-7(2)10-13-11(17-14-10)15-5-8(3)16-9(4-12)6-15/h7-9H,4-6H2,1-3H3. The minimum absolute atomic E-state index is 0.0896. The van der Waals surface area contributed by atoms with Crippen molar-refractivity contribution in [1.29, 1.82) is 0 Å². The van der Waals surface area contributed by atoms with Crippen molar-refractivity contribution >= 4 is 28.3 Å². The molecule has 1 aliphatic heterocycles. The van der Waals surface area contributed by atoms with Gasteiger partial charge in [-0.1, -0.05) is 13.8 Å². The lowest BCUT2D eigenvalue weighted by molar-refractivity contribution is -0.00334. The van der Waals surface area contributed by atoms with Gasteiger partial charge in [0.15, 0.2) is 0 Å². The summed E-state index contributed by atoms with van der Waals surface area (Å²) in [4.78, 5) is 6.80. The number of hydrogen-bond donors (Lipinski definition) is 0. The second-order valence-corrected chi connectivity index (χ2v) is 5.76. The van der Waals surface area contributed by atoms with Gasteiger partial charge in [0.1, 0.15) is 5.82 Å². The summed E-state index contributed by atoms with van der Waals surface area (Å²) in [6.07, 6.45) is 0.283. The Labute approximate surface area is 111 Å². The van der Waals surface area contributed by atoms with Crippen LogP contribution in [0.1, 0.15) is 32.5 Å². The average molecular weight is 276 g/mol. The summed E-state index contributed by atoms with van der Waals surface area (Å²) in [5, 5.41) is 0.985. The lowest BCUT2D eigenvalue weighted by Crippen LogP contribution is -2.47. The number of nitrogens with zero attached hydrogens (tertiary/aromatic N) is 3. The fourth-order valence-electron chi connectivity index (χ4n) is 1.88. The Morgan fingerprint density at radius 3 is 2.88 bits per heavy atom. The molecular weight excluding hydrogens is 258 g/mol. The molecule has 2 rings (SSSR count). The largest absolute Gasteiger partial charge is 0.370 e. The van der Waals surface area contributed by atoms with Crippen LogP contribution in [0.5, 0.6) is 0 Å². The summed E-state index contributed by atoms with van der Waals surface area (Å²) in [7, 11) is 0. The Morgan fingerprint density at radius 1 is 1.53 bits per heavy atom. The number of halogens is 1. The molecule has 0 aromatic carbocycles. The molecular formula is C11H18ClN3OS. The van der Waals surface area contributed by atoms with Crippen LogP contribution in [0.25, 0.3) is 0 Å². The maximum atomic E-state index is 5.87. The van der Waals surface area contributed by atoms with Crippen molar-refractivity contribution in [2.24, 2.45) is 0 Å². The number of rotatable bonds is 3. The van der Waals surface area contributed by atoms with Gasteiger partial charge in [-0.15, -0.1) is 11.6 Å². The van der Waals surface area contributed by atoms with Crippen molar-refractivity contribution in [3.63, 3.8) is 0 Å². The highest BCUT2D eigenvalue weighted by atomic mass is 35.5. The summed E-state index contributed by atoms with van der Waals surface area (Å²) in [5.74, 6) is 1.82. The van der Waals surface area contributed by atoms with Crippen LogP contribution in [0.4, 0.5) is 5.13 Å². The van der Waals surface area contributed by atoms with E-state index in [9.17, 15) is 0 Å². The first-order chi connectivity index (χ1) is 8.10. The Kier molecular flexibility index (Phi) is 4.22. The van der Waals surface area contributed by atoms with Gasteiger partial charge in [-0.2, -0.15) is 4.37 Å². The van der Waals surface area contributed by atoms with Gasteiger partial charge in [0, 0.05) is 30.5 Å². The topological polar surface area (TPSA) is 38.2 Å². The molecule has 2 atom stereocenters. The molecule has 1 aromatic rings. The number of aromatic nitrogens is 2. The summed E-state index contributed by atoms with van der Waals surface area (Å²) in [6, 6.07) is 0. The van der Waals surface area contributed by atoms with Crippen molar-refractivity contribution in [3.8, 4) is 0 Å². The lowest BCUT2D eigenvalue weighted by atomic mass is 10.2. The molecule has 17 heavy (non-hydrogen) atoms. The molecule has 0 aliphatic carbocycles. The van der Waals surface area contributed by atoms with Gasteiger partial charge in [0.25, 0.3) is 0 Å². The van der Waals surface area contributed by atoms with Crippen LogP contribution in [0.3, 0.4) is 0 Å². The van der Waals surface area contributed by atoms with Gasteiger partial charge < -0.3 is 9.64 Å². The molecule has 1 aromatic heterocycles. The summed E-state index contributed by atoms with van der Waals surface area (Å²) in [6.45, 7) is 7.95. The highest BCUT2D eigenvalue weighted by molar-refractivity contribution is 7.09. The van der Waals surface area contributed by atoms with Gasteiger partial charge in [0.05, 0.1) is 18.1 Å². The van der Waals surface area contributed by atoms with Crippen molar-refractivity contribution in [1.82, 2.24) is 9.36 Å². The molecule has 0 amide bonds. The van der Waals surface area contributed by atoms with Crippen LogP contribution >= 0.6 is 23.1 Å². The van der Waals surface area contributed by atoms with Crippen molar-refractivity contribution in [3.05, 3.63) is 5.82 Å². The number of anilines is 1. The summed E-state index contributed by atoms with van der Waals surface area (Å²) >= 11 is 7.33. The molecule has 2 heterocycles. The minimum atomic E-state index is 0.0896. The Balaban J connectivity index is 2.09. The summed E-state index contributed by atoms with van der Waals surface area (Å²) in [5.41, 5.74) is 0. The number of alkyl halides is 1. The predicted octanol–water partition coefficient (Wildman–Crippen LogP) is 2.49. The van der Waals surface area contributed by atoms with Crippen LogP contribution < -0.4 is 4.90 Å². The quantitative estimate of drug-likeness (QED) is 0.795. The van der Waals surface area contributed by atoms with Gasteiger partial charge in [0.2, 0.25) is 5.13 Å². The smallest absolute Gasteiger partial charge is 0.205 e. The second kappa shape index (κ2) is 5.50. The molecule has 0 spiro atoms. The molecule has 6 heteroatoms. The fraction of sp³-hybridized carbons (Fsp3) is 0.818. The third-order valence-electron chi connectivity index (χ3n) is 2.72. The van der Waals surface area contributed by atoms with Crippen LogP contribution in [0.2, 0.25) is 0 Å². The van der Waals surface area contributed by atoms with Gasteiger partial charge in [-0.25, -0.2) is 4.98 Å². The summed E-state index contributed by atoms with van der Waals surface area (Å²) < 4.78 is 10.1. The van der Waals surface area contributed by atoms with E-state index < -0.39 is 0 Å². The monoisotopic (exact) mass is 275 g/mol. The van der Waals surface area contributed by atoms with Gasteiger partial charge >= 0.3 is 0 Å². The molecule has 1 saturated heterocycles. The maximum Gasteiger partial charge on any atom is 0.205 e. The zero-order valence-corrected chi connectivity index (χ0v) is 12.0. The Hall–Kier alpha value is -0.390. The average Bonchev–Trinajstić information content (AvgIpc) is 2.77. The van der Waals surface area contributed by atoms with E-state index in [0.717, 1.165) is 24.0 Å². The molecule has 1 aliphatic rings. The zero-order chi connectivity index (χ0) is 12.4. The van der Waals surface area contributed by atoms with Crippen LogP contribution in [0.15, 0.2) is 0 Å². The SMILES string of the molecule is CC1CN(c2nc(C(C)C)ns2)CC(CCl)O1. The van der Waals surface area contributed by atoms with E-state index in [-0.39, 0.29) is 12.2 Å². The number of ether oxygens (including phenoxy) is 1. The van der Waals surface area contributed by atoms with E-state index in [0.29, 0.717) is 11.8 Å². The normalized spacial score (nSPS) is 25.6. The van der Waals surface area contributed by atoms with Gasteiger partial charge in [-0.05, 0) is 6.92 Å². The Bertz CT molecular complexity index is 371. The molecule has 0 saturated carbocycles. The van der Waals surface area contributed by atoms with Crippen molar-refractivity contribution in [2.75, 3.05) is 23.9 Å². The van der Waals surface area contributed by atoms with Gasteiger partial charge in [-0.3, -0.25) is 0 Å². The van der Waals surface area contributed by atoms with E-state index in [4.69, 9.17) is 16.3 Å². The maximum absolute atomic E-state index is 5.87. The third-order valence-corrected chi connectivity index (χ3v) is 3.85. The predicted molar refractivity (Wildman–Crippen MR) is 71.3 cm³/mol. The molecule has 2 unspecified atom stereocenters. The first-order valence-corrected chi connectivity index (χ1v) is 7.21. The van der Waals surface area contributed by atoms with Crippen LogP contribution in [-0.2, 0) is 4.74 Å². The molecule has 0 N–H and O–H groups in total. The molecule has 0 bridgehead atoms. The Morgan fingerprint density at radius 2 is 2.29 bits per heavy atom. The van der Waals surface area contributed by atoms with Crippen LogP contribution in [0, 0.1) is 0 Å². The van der Waals surface area contributed by atoms with Crippen LogP contribution in [-0.4, -0.2) is 40.5 Å². The fourth-order valence-corrected chi connectivity index (χ4v) is 2.87. The van der Waals surface area contributed by atoms with Crippen molar-refractivity contribution in [2.45, 2.75) is 38.9 Å². The minimum Gasteiger partial charge on any atom is -0.370 e. The highest BCUT2D eigenvalue weighted by Gasteiger charge is 2.27. The van der Waals surface area contributed by atoms with E-state index in [1.54, 1.807) is 0 Å². The molecule has 96 valence electrons. The number of hydrogen-bond acceptors (Lipinski definition) is 5. The first-order valence-electron chi connectivity index (χ1n) is 5.90. The zero-order valence-electron chi connectivity index (χ0n) is 10.4. The van der Waals surface area contributed by atoms with E-state index in [2.05, 4.69) is 35.0 Å². The lowest BCUT2D eigenvalue weighted by Gasteiger charge is -2.35. The number of morpholine rings is 1. The third kappa shape index (κ3) is 3.09. The van der Waals surface area contributed by atoms with E-state index in [1.807, 2.05) is 0 Å². The highest BCUT2D eigenvalue weighted by Crippen LogP contribution is 2.24. The molecule has 0 radical (unpaired) electrons. The van der Waals surface area contributed by atoms with E-state index >= 15 is 0 Å². The first kappa shape index (κ1) is 13.1. The molecule has 4 nitrogen and oxygen atoms in total. The van der Waals surface area contributed by atoms with Crippen molar-refractivity contribution < 1.29 is 4.74 Å². The molecule has 1 fully saturated rings.